The Morgan fingerprint density at radius 3 is 2.55 bits per heavy atom. The molecule has 114 valence electrons. The van der Waals surface area contributed by atoms with Crippen molar-refractivity contribution < 1.29 is 17.9 Å². The second-order valence-electron chi connectivity index (χ2n) is 4.69. The van der Waals surface area contributed by atoms with E-state index in [1.807, 2.05) is 6.92 Å². The maximum atomic E-state index is 14.2. The number of aliphatic hydroxyl groups excluding tert-OH is 1. The number of hydrogen-bond acceptors (Lipinski definition) is 3. The molecule has 0 aliphatic heterocycles. The van der Waals surface area contributed by atoms with Crippen LogP contribution < -0.4 is 0 Å². The molecule has 0 amide bonds. The predicted molar refractivity (Wildman–Crippen MR) is 79.3 cm³/mol. The van der Waals surface area contributed by atoms with Gasteiger partial charge in [0.1, 0.15) is 10.7 Å². The Kier molecular flexibility index (Phi) is 6.12. The molecule has 0 saturated carbocycles. The van der Waals surface area contributed by atoms with Gasteiger partial charge >= 0.3 is 0 Å². The first kappa shape index (κ1) is 17.6. The molecule has 0 bridgehead atoms. The minimum absolute atomic E-state index is 0.0468. The molecule has 0 fully saturated rings. The Morgan fingerprint density at radius 2 is 2.05 bits per heavy atom. The first-order chi connectivity index (χ1) is 9.25. The van der Waals surface area contributed by atoms with Crippen LogP contribution in [0.3, 0.4) is 0 Å². The standard InChI is InChI=1S/C13H19BrFNO3S/c1-4-5-9(2)16(3)20(18,19)12-7-11(14)6-10(8-17)13(12)15/h6-7,9,17H,4-5,8H2,1-3H3. The van der Waals surface area contributed by atoms with Gasteiger partial charge in [-0.05, 0) is 25.5 Å². The van der Waals surface area contributed by atoms with Crippen LogP contribution in [-0.4, -0.2) is 30.9 Å². The molecule has 1 aromatic rings. The first-order valence-electron chi connectivity index (χ1n) is 6.32. The van der Waals surface area contributed by atoms with E-state index in [4.69, 9.17) is 5.11 Å². The number of aliphatic hydroxyl groups is 1. The largest absolute Gasteiger partial charge is 0.392 e. The summed E-state index contributed by atoms with van der Waals surface area (Å²) in [5, 5.41) is 9.10. The van der Waals surface area contributed by atoms with Crippen molar-refractivity contribution in [1.82, 2.24) is 4.31 Å². The van der Waals surface area contributed by atoms with Gasteiger partial charge in [-0.2, -0.15) is 4.31 Å². The Morgan fingerprint density at radius 1 is 1.45 bits per heavy atom. The van der Waals surface area contributed by atoms with Gasteiger partial charge in [0, 0.05) is 23.1 Å². The van der Waals surface area contributed by atoms with Crippen LogP contribution in [0.4, 0.5) is 4.39 Å². The maximum absolute atomic E-state index is 14.2. The lowest BCUT2D eigenvalue weighted by Gasteiger charge is -2.24. The maximum Gasteiger partial charge on any atom is 0.246 e. The number of rotatable bonds is 6. The van der Waals surface area contributed by atoms with Crippen LogP contribution in [0, 0.1) is 5.82 Å². The molecule has 1 unspecified atom stereocenters. The zero-order chi connectivity index (χ0) is 15.5. The number of halogens is 2. The van der Waals surface area contributed by atoms with E-state index in [0.717, 1.165) is 6.42 Å². The van der Waals surface area contributed by atoms with Crippen molar-refractivity contribution in [2.24, 2.45) is 0 Å². The van der Waals surface area contributed by atoms with Gasteiger partial charge in [-0.1, -0.05) is 29.3 Å². The van der Waals surface area contributed by atoms with Gasteiger partial charge in [0.25, 0.3) is 0 Å². The summed E-state index contributed by atoms with van der Waals surface area (Å²) < 4.78 is 40.7. The third-order valence-corrected chi connectivity index (χ3v) is 5.66. The molecule has 1 rings (SSSR count). The molecule has 0 heterocycles. The Hall–Kier alpha value is -0.500. The van der Waals surface area contributed by atoms with Crippen molar-refractivity contribution >= 4 is 26.0 Å². The van der Waals surface area contributed by atoms with Crippen molar-refractivity contribution in [2.45, 2.75) is 44.2 Å². The van der Waals surface area contributed by atoms with Crippen LogP contribution in [0.1, 0.15) is 32.3 Å². The third-order valence-electron chi connectivity index (χ3n) is 3.23. The van der Waals surface area contributed by atoms with Gasteiger partial charge in [0.05, 0.1) is 6.61 Å². The van der Waals surface area contributed by atoms with E-state index in [1.165, 1.54) is 23.5 Å². The van der Waals surface area contributed by atoms with Gasteiger partial charge in [-0.15, -0.1) is 0 Å². The Bertz CT molecular complexity index is 577. The highest BCUT2D eigenvalue weighted by Crippen LogP contribution is 2.27. The molecule has 0 aliphatic carbocycles. The molecule has 1 aromatic carbocycles. The van der Waals surface area contributed by atoms with Gasteiger partial charge in [-0.3, -0.25) is 0 Å². The molecule has 0 aromatic heterocycles. The summed E-state index contributed by atoms with van der Waals surface area (Å²) in [6.45, 7) is 3.19. The van der Waals surface area contributed by atoms with Crippen LogP contribution >= 0.6 is 15.9 Å². The normalized spacial score (nSPS) is 13.8. The molecule has 20 heavy (non-hydrogen) atoms. The summed E-state index contributed by atoms with van der Waals surface area (Å²) in [6.07, 6.45) is 1.53. The summed E-state index contributed by atoms with van der Waals surface area (Å²) in [5.74, 6) is -0.897. The average Bonchev–Trinajstić information content (AvgIpc) is 2.40. The topological polar surface area (TPSA) is 57.6 Å². The summed E-state index contributed by atoms with van der Waals surface area (Å²) in [4.78, 5) is -0.415. The van der Waals surface area contributed by atoms with E-state index in [2.05, 4.69) is 15.9 Å². The van der Waals surface area contributed by atoms with Crippen LogP contribution in [-0.2, 0) is 16.6 Å². The fourth-order valence-corrected chi connectivity index (χ4v) is 4.09. The smallest absolute Gasteiger partial charge is 0.246 e. The Labute approximate surface area is 127 Å². The average molecular weight is 368 g/mol. The van der Waals surface area contributed by atoms with Crippen LogP contribution in [0.5, 0.6) is 0 Å². The lowest BCUT2D eigenvalue weighted by molar-refractivity contribution is 0.274. The van der Waals surface area contributed by atoms with Crippen molar-refractivity contribution in [3.8, 4) is 0 Å². The summed E-state index contributed by atoms with van der Waals surface area (Å²) in [7, 11) is -2.49. The zero-order valence-electron chi connectivity index (χ0n) is 11.7. The number of hydrogen-bond donors (Lipinski definition) is 1. The molecule has 0 saturated heterocycles. The van der Waals surface area contributed by atoms with E-state index in [9.17, 15) is 12.8 Å². The van der Waals surface area contributed by atoms with E-state index < -0.39 is 27.3 Å². The number of sulfonamides is 1. The lowest BCUT2D eigenvalue weighted by Crippen LogP contribution is -2.35. The molecule has 7 heteroatoms. The molecule has 0 spiro atoms. The van der Waals surface area contributed by atoms with Gasteiger partial charge in [-0.25, -0.2) is 12.8 Å². The van der Waals surface area contributed by atoms with Gasteiger partial charge in [0.15, 0.2) is 0 Å². The molecule has 1 atom stereocenters. The molecular weight excluding hydrogens is 349 g/mol. The Balaban J connectivity index is 3.32. The van der Waals surface area contributed by atoms with E-state index in [-0.39, 0.29) is 11.6 Å². The summed E-state index contributed by atoms with van der Waals surface area (Å²) in [6, 6.07) is 2.36. The van der Waals surface area contributed by atoms with E-state index >= 15 is 0 Å². The van der Waals surface area contributed by atoms with E-state index in [1.54, 1.807) is 6.92 Å². The van der Waals surface area contributed by atoms with Gasteiger partial charge < -0.3 is 5.11 Å². The monoisotopic (exact) mass is 367 g/mol. The highest BCUT2D eigenvalue weighted by molar-refractivity contribution is 9.10. The predicted octanol–water partition coefficient (Wildman–Crippen LogP) is 2.89. The number of nitrogens with zero attached hydrogens (tertiary/aromatic N) is 1. The fourth-order valence-electron chi connectivity index (χ4n) is 1.91. The van der Waals surface area contributed by atoms with Crippen molar-refractivity contribution in [2.75, 3.05) is 7.05 Å². The zero-order valence-corrected chi connectivity index (χ0v) is 14.1. The van der Waals surface area contributed by atoms with Crippen LogP contribution in [0.15, 0.2) is 21.5 Å². The highest BCUT2D eigenvalue weighted by atomic mass is 79.9. The molecule has 0 aliphatic rings. The quantitative estimate of drug-likeness (QED) is 0.840. The molecule has 4 nitrogen and oxygen atoms in total. The third kappa shape index (κ3) is 3.58. The van der Waals surface area contributed by atoms with Crippen LogP contribution in [0.2, 0.25) is 0 Å². The van der Waals surface area contributed by atoms with Crippen molar-refractivity contribution in [1.29, 1.82) is 0 Å². The summed E-state index contributed by atoms with van der Waals surface area (Å²) in [5.41, 5.74) is -0.0468. The van der Waals surface area contributed by atoms with Gasteiger partial charge in [0.2, 0.25) is 10.0 Å². The first-order valence-corrected chi connectivity index (χ1v) is 8.55. The molecular formula is C13H19BrFNO3S. The fraction of sp³-hybridized carbons (Fsp3) is 0.538. The lowest BCUT2D eigenvalue weighted by atomic mass is 10.2. The van der Waals surface area contributed by atoms with Crippen LogP contribution in [0.25, 0.3) is 0 Å². The number of benzene rings is 1. The van der Waals surface area contributed by atoms with E-state index in [0.29, 0.717) is 10.9 Å². The second kappa shape index (κ2) is 6.98. The molecule has 0 radical (unpaired) electrons. The molecule has 1 N–H and O–H groups in total. The van der Waals surface area contributed by atoms with Crippen molar-refractivity contribution in [3.05, 3.63) is 28.0 Å². The second-order valence-corrected chi connectivity index (χ2v) is 7.58. The summed E-state index contributed by atoms with van der Waals surface area (Å²) >= 11 is 3.14. The minimum atomic E-state index is -3.93. The SMILES string of the molecule is CCCC(C)N(C)S(=O)(=O)c1cc(Br)cc(CO)c1F. The van der Waals surface area contributed by atoms with Crippen molar-refractivity contribution in [3.63, 3.8) is 0 Å². The highest BCUT2D eigenvalue weighted by Gasteiger charge is 2.29. The minimum Gasteiger partial charge on any atom is -0.392 e.